The predicted molar refractivity (Wildman–Crippen MR) is 186 cm³/mol. The van der Waals surface area contributed by atoms with Crippen molar-refractivity contribution in [3.05, 3.63) is 131 Å². The molecule has 7 rings (SSSR count). The maximum Gasteiger partial charge on any atom is 0.150 e. The number of nitrogens with one attached hydrogen (secondary N) is 1. The van der Waals surface area contributed by atoms with E-state index in [1.807, 2.05) is 19.1 Å². The summed E-state index contributed by atoms with van der Waals surface area (Å²) in [7, 11) is 0. The number of pyridine rings is 4. The Morgan fingerprint density at radius 3 is 1.65 bits per heavy atom. The number of nitriles is 1. The van der Waals surface area contributed by atoms with Crippen LogP contribution >= 0.6 is 0 Å². The van der Waals surface area contributed by atoms with Crippen LogP contribution in [0.5, 0.6) is 0 Å². The Kier molecular flexibility index (Phi) is 9.74. The van der Waals surface area contributed by atoms with E-state index in [2.05, 4.69) is 35.2 Å². The van der Waals surface area contributed by atoms with E-state index in [0.29, 0.717) is 50.1 Å². The third-order valence-corrected chi connectivity index (χ3v) is 7.80. The van der Waals surface area contributed by atoms with Crippen LogP contribution in [-0.4, -0.2) is 29.9 Å². The van der Waals surface area contributed by atoms with Crippen molar-refractivity contribution in [2.24, 2.45) is 5.73 Å². The quantitative estimate of drug-likeness (QED) is 0.148. The summed E-state index contributed by atoms with van der Waals surface area (Å²) in [5.41, 5.74) is 17.2. The lowest BCUT2D eigenvalue weighted by Crippen LogP contribution is -2.13. The Labute approximate surface area is 288 Å². The first-order chi connectivity index (χ1) is 24.5. The highest BCUT2D eigenvalue weighted by molar-refractivity contribution is 5.82. The fraction of sp³-hybridized carbons (Fsp3) is 0.108. The first kappa shape index (κ1) is 34.3. The number of nitrogens with two attached hydrogens (primary N) is 2. The van der Waals surface area contributed by atoms with E-state index in [-0.39, 0.29) is 28.8 Å². The number of rotatable bonds is 6. The van der Waals surface area contributed by atoms with Gasteiger partial charge in [0.1, 0.15) is 52.9 Å². The maximum atomic E-state index is 13.9. The third kappa shape index (κ3) is 7.53. The van der Waals surface area contributed by atoms with Crippen molar-refractivity contribution in [2.45, 2.75) is 25.9 Å². The van der Waals surface area contributed by atoms with Crippen molar-refractivity contribution in [2.75, 3.05) is 11.1 Å². The van der Waals surface area contributed by atoms with Gasteiger partial charge in [-0.25, -0.2) is 37.5 Å². The summed E-state index contributed by atoms with van der Waals surface area (Å²) < 4.78 is 54.7. The fourth-order valence-corrected chi connectivity index (χ4v) is 5.45. The number of halogens is 4. The van der Waals surface area contributed by atoms with Crippen LogP contribution in [0.1, 0.15) is 42.6 Å². The summed E-state index contributed by atoms with van der Waals surface area (Å²) in [6.07, 6.45) is 4.54. The lowest BCUT2D eigenvalue weighted by atomic mass is 9.99. The van der Waals surface area contributed by atoms with Crippen molar-refractivity contribution in [1.29, 1.82) is 5.26 Å². The molecular formula is C37H28F4N10. The van der Waals surface area contributed by atoms with Gasteiger partial charge in [-0.15, -0.1) is 0 Å². The minimum atomic E-state index is -0.708. The molecule has 0 radical (unpaired) electrons. The van der Waals surface area contributed by atoms with Crippen LogP contribution in [0.2, 0.25) is 0 Å². The second kappa shape index (κ2) is 14.5. The Balaban J connectivity index is 0.000000187. The molecule has 2 atom stereocenters. The molecule has 5 N–H and O–H groups in total. The van der Waals surface area contributed by atoms with E-state index in [1.54, 1.807) is 49.6 Å². The number of hydrogen-bond donors (Lipinski definition) is 3. The zero-order chi connectivity index (χ0) is 36.2. The van der Waals surface area contributed by atoms with Crippen molar-refractivity contribution >= 4 is 33.7 Å². The first-order valence-corrected chi connectivity index (χ1v) is 15.5. The van der Waals surface area contributed by atoms with Gasteiger partial charge >= 0.3 is 0 Å². The predicted octanol–water partition coefficient (Wildman–Crippen LogP) is 7.59. The van der Waals surface area contributed by atoms with E-state index in [9.17, 15) is 22.8 Å². The molecule has 254 valence electrons. The number of aromatic nitrogens is 6. The molecule has 0 bridgehead atoms. The van der Waals surface area contributed by atoms with E-state index < -0.39 is 29.3 Å². The highest BCUT2D eigenvalue weighted by atomic mass is 19.1. The van der Waals surface area contributed by atoms with E-state index in [1.165, 1.54) is 30.6 Å². The minimum Gasteiger partial charge on any atom is -0.382 e. The minimum absolute atomic E-state index is 0.0490. The summed E-state index contributed by atoms with van der Waals surface area (Å²) in [5.74, 6) is -2.41. The summed E-state index contributed by atoms with van der Waals surface area (Å²) in [5, 5.41) is 12.5. The highest BCUT2D eigenvalue weighted by Crippen LogP contribution is 2.33. The second-order valence-corrected chi connectivity index (χ2v) is 11.5. The highest BCUT2D eigenvalue weighted by Gasteiger charge is 2.20. The van der Waals surface area contributed by atoms with E-state index in [4.69, 9.17) is 11.5 Å². The molecule has 14 heteroatoms. The number of anilines is 2. The Hall–Kier alpha value is -6.59. The molecule has 0 aliphatic rings. The van der Waals surface area contributed by atoms with Crippen LogP contribution in [0.4, 0.5) is 29.2 Å². The van der Waals surface area contributed by atoms with Gasteiger partial charge in [0.2, 0.25) is 0 Å². The van der Waals surface area contributed by atoms with Gasteiger partial charge in [-0.3, -0.25) is 9.97 Å². The topological polar surface area (TPSA) is 165 Å². The van der Waals surface area contributed by atoms with Crippen molar-refractivity contribution in [3.63, 3.8) is 0 Å². The summed E-state index contributed by atoms with van der Waals surface area (Å²) in [6, 6.07) is 18.4. The van der Waals surface area contributed by atoms with Crippen molar-refractivity contribution in [3.8, 4) is 28.6 Å². The Morgan fingerprint density at radius 2 is 1.16 bits per heavy atom. The SMILES string of the molecule is CC(N)c1cc2ncccc2nc1-c1cc(F)cc(F)c1.C[C@@H](Nc1ncnc(N)c1C#N)c1cc2ncccc2nc1-c1cc(F)cc(F)c1. The molecule has 1 unspecified atom stereocenters. The number of nitrogen functional groups attached to an aromatic ring is 1. The average Bonchev–Trinajstić information content (AvgIpc) is 3.10. The molecule has 5 heterocycles. The molecule has 51 heavy (non-hydrogen) atoms. The summed E-state index contributed by atoms with van der Waals surface area (Å²) in [6.45, 7) is 3.61. The number of nitrogens with zero attached hydrogens (tertiary/aromatic N) is 7. The number of hydrogen-bond acceptors (Lipinski definition) is 10. The molecule has 5 aromatic heterocycles. The lowest BCUT2D eigenvalue weighted by Gasteiger charge is -2.19. The van der Waals surface area contributed by atoms with Crippen molar-refractivity contribution in [1.82, 2.24) is 29.9 Å². The molecule has 0 aliphatic heterocycles. The lowest BCUT2D eigenvalue weighted by molar-refractivity contribution is 0.583. The van der Waals surface area contributed by atoms with Gasteiger partial charge in [0.25, 0.3) is 0 Å². The molecule has 0 saturated carbocycles. The largest absolute Gasteiger partial charge is 0.382 e. The monoisotopic (exact) mass is 688 g/mol. The van der Waals surface area contributed by atoms with Crippen LogP contribution in [0.15, 0.2) is 91.5 Å². The fourth-order valence-electron chi connectivity index (χ4n) is 5.45. The van der Waals surface area contributed by atoms with Crippen LogP contribution in [0.3, 0.4) is 0 Å². The Morgan fingerprint density at radius 1 is 0.667 bits per heavy atom. The number of benzene rings is 2. The van der Waals surface area contributed by atoms with Gasteiger partial charge in [-0.05, 0) is 80.1 Å². The van der Waals surface area contributed by atoms with Gasteiger partial charge in [0.05, 0.1) is 39.5 Å². The number of fused-ring (bicyclic) bond motifs is 2. The molecule has 10 nitrogen and oxygen atoms in total. The van der Waals surface area contributed by atoms with Crippen LogP contribution in [0, 0.1) is 34.6 Å². The molecular weight excluding hydrogens is 660 g/mol. The smallest absolute Gasteiger partial charge is 0.150 e. The third-order valence-electron chi connectivity index (χ3n) is 7.80. The summed E-state index contributed by atoms with van der Waals surface area (Å²) >= 11 is 0. The maximum absolute atomic E-state index is 13.9. The molecule has 7 aromatic rings. The molecule has 0 spiro atoms. The standard InChI is InChI=1S/C21H15F2N7.C16H13F2N3/c1-11(29-21-16(9-24)20(25)27-10-28-21)15-8-18-17(3-2-4-26-18)30-19(15)12-5-13(22)7-14(23)6-12;1-9(19)13-8-15-14(3-2-4-20-15)21-16(13)10-5-11(17)7-12(18)6-10/h2-8,10-11H,1H3,(H3,25,27,28,29);2-9H,19H2,1H3/t11-;/m1./s1. The van der Waals surface area contributed by atoms with E-state index >= 15 is 0 Å². The normalized spacial score (nSPS) is 12.1. The van der Waals surface area contributed by atoms with Gasteiger partial charge in [0, 0.05) is 47.3 Å². The van der Waals surface area contributed by atoms with Crippen LogP contribution in [-0.2, 0) is 0 Å². The molecule has 0 amide bonds. The zero-order valence-corrected chi connectivity index (χ0v) is 27.1. The van der Waals surface area contributed by atoms with Crippen LogP contribution < -0.4 is 16.8 Å². The Bertz CT molecular complexity index is 2410. The van der Waals surface area contributed by atoms with Crippen LogP contribution in [0.25, 0.3) is 44.6 Å². The molecule has 2 aromatic carbocycles. The zero-order valence-electron chi connectivity index (χ0n) is 27.1. The first-order valence-electron chi connectivity index (χ1n) is 15.5. The second-order valence-electron chi connectivity index (χ2n) is 11.5. The molecule has 0 fully saturated rings. The summed E-state index contributed by atoms with van der Waals surface area (Å²) in [4.78, 5) is 25.5. The van der Waals surface area contributed by atoms with Gasteiger partial charge < -0.3 is 16.8 Å². The van der Waals surface area contributed by atoms with Crippen molar-refractivity contribution < 1.29 is 17.6 Å². The van der Waals surface area contributed by atoms with Gasteiger partial charge in [-0.2, -0.15) is 5.26 Å². The average molecular weight is 689 g/mol. The van der Waals surface area contributed by atoms with E-state index in [0.717, 1.165) is 12.1 Å². The van der Waals surface area contributed by atoms with Gasteiger partial charge in [0.15, 0.2) is 0 Å². The molecule has 0 aliphatic carbocycles. The van der Waals surface area contributed by atoms with Gasteiger partial charge in [-0.1, -0.05) is 0 Å². The molecule has 0 saturated heterocycles.